The Bertz CT molecular complexity index is 128. The van der Waals surface area contributed by atoms with Crippen molar-refractivity contribution in [2.75, 3.05) is 6.61 Å². The van der Waals surface area contributed by atoms with Gasteiger partial charge in [0.2, 0.25) is 0 Å². The van der Waals surface area contributed by atoms with Gasteiger partial charge >= 0.3 is 0 Å². The van der Waals surface area contributed by atoms with Crippen molar-refractivity contribution in [1.82, 2.24) is 0 Å². The van der Waals surface area contributed by atoms with Crippen LogP contribution in [0.3, 0.4) is 0 Å². The van der Waals surface area contributed by atoms with Gasteiger partial charge < -0.3 is 20.1 Å². The summed E-state index contributed by atoms with van der Waals surface area (Å²) in [6, 6.07) is 0. The average Bonchev–Trinajstić information content (AvgIpc) is 1.96. The number of aliphatic hydroxyl groups is 3. The van der Waals surface area contributed by atoms with Crippen molar-refractivity contribution in [2.45, 2.75) is 31.8 Å². The van der Waals surface area contributed by atoms with Crippen LogP contribution in [-0.4, -0.2) is 40.4 Å². The summed E-state index contributed by atoms with van der Waals surface area (Å²) < 4.78 is 4.92. The Morgan fingerprint density at radius 2 is 2.09 bits per heavy atom. The maximum Gasteiger partial charge on any atom is 0.155 e. The van der Waals surface area contributed by atoms with E-state index in [1.807, 2.05) is 0 Å². The predicted molar refractivity (Wildman–Crippen MR) is 37.8 cm³/mol. The van der Waals surface area contributed by atoms with E-state index in [1.165, 1.54) is 0 Å². The molecular weight excluding hydrogens is 148 g/mol. The largest absolute Gasteiger partial charge is 0.396 e. The second-order valence-corrected chi connectivity index (χ2v) is 2.96. The first-order chi connectivity index (χ1) is 5.15. The Morgan fingerprint density at radius 3 is 2.64 bits per heavy atom. The van der Waals surface area contributed by atoms with Crippen molar-refractivity contribution in [1.29, 1.82) is 0 Å². The van der Waals surface area contributed by atoms with Gasteiger partial charge in [-0.15, -0.1) is 0 Å². The number of ether oxygens (including phenoxy) is 1. The van der Waals surface area contributed by atoms with Crippen molar-refractivity contribution in [3.05, 3.63) is 0 Å². The van der Waals surface area contributed by atoms with Gasteiger partial charge in [0, 0.05) is 18.9 Å². The average molecular weight is 162 g/mol. The van der Waals surface area contributed by atoms with Crippen LogP contribution in [0.4, 0.5) is 0 Å². The molecule has 4 heteroatoms. The van der Waals surface area contributed by atoms with Crippen LogP contribution in [0.25, 0.3) is 0 Å². The molecule has 0 aliphatic carbocycles. The number of aliphatic hydroxyl groups excluding tert-OH is 3. The molecule has 0 amide bonds. The number of hydrogen-bond acceptors (Lipinski definition) is 4. The van der Waals surface area contributed by atoms with Crippen LogP contribution in [0.2, 0.25) is 0 Å². The molecule has 0 bridgehead atoms. The molecule has 1 heterocycles. The highest BCUT2D eigenvalue weighted by Gasteiger charge is 2.33. The third-order valence-electron chi connectivity index (χ3n) is 2.07. The summed E-state index contributed by atoms with van der Waals surface area (Å²) in [6.45, 7) is 1.57. The van der Waals surface area contributed by atoms with Crippen LogP contribution >= 0.6 is 0 Å². The van der Waals surface area contributed by atoms with Crippen molar-refractivity contribution in [2.24, 2.45) is 5.92 Å². The van der Waals surface area contributed by atoms with E-state index in [0.717, 1.165) is 0 Å². The standard InChI is InChI=1S/C7H14O4/c1-4-7(10)5(3-8)2-6(9)11-4/h4-10H,2-3H2,1H3. The fourth-order valence-electron chi connectivity index (χ4n) is 1.35. The third kappa shape index (κ3) is 1.90. The smallest absolute Gasteiger partial charge is 0.155 e. The molecule has 1 saturated heterocycles. The molecule has 3 N–H and O–H groups in total. The molecule has 66 valence electrons. The molecule has 0 aromatic heterocycles. The molecule has 4 unspecified atom stereocenters. The second-order valence-electron chi connectivity index (χ2n) is 2.96. The highest BCUT2D eigenvalue weighted by atomic mass is 16.6. The zero-order valence-corrected chi connectivity index (χ0v) is 6.47. The van der Waals surface area contributed by atoms with E-state index in [9.17, 15) is 5.11 Å². The minimum absolute atomic E-state index is 0.105. The lowest BCUT2D eigenvalue weighted by Crippen LogP contribution is -2.44. The summed E-state index contributed by atoms with van der Waals surface area (Å²) >= 11 is 0. The van der Waals surface area contributed by atoms with Crippen LogP contribution in [0.5, 0.6) is 0 Å². The Labute approximate surface area is 65.4 Å². The van der Waals surface area contributed by atoms with E-state index < -0.39 is 18.5 Å². The maximum absolute atomic E-state index is 9.36. The van der Waals surface area contributed by atoms with Gasteiger partial charge in [0.15, 0.2) is 6.29 Å². The van der Waals surface area contributed by atoms with Crippen molar-refractivity contribution in [3.63, 3.8) is 0 Å². The molecule has 0 saturated carbocycles. The molecular formula is C7H14O4. The quantitative estimate of drug-likeness (QED) is 0.466. The molecule has 1 aliphatic heterocycles. The van der Waals surface area contributed by atoms with Gasteiger partial charge in [-0.1, -0.05) is 0 Å². The molecule has 1 fully saturated rings. The summed E-state index contributed by atoms with van der Waals surface area (Å²) in [5.41, 5.74) is 0. The Kier molecular flexibility index (Phi) is 2.84. The van der Waals surface area contributed by atoms with Gasteiger partial charge in [0.05, 0.1) is 12.2 Å². The van der Waals surface area contributed by atoms with E-state index in [1.54, 1.807) is 6.92 Å². The molecule has 11 heavy (non-hydrogen) atoms. The third-order valence-corrected chi connectivity index (χ3v) is 2.07. The van der Waals surface area contributed by atoms with E-state index >= 15 is 0 Å². The molecule has 4 atom stereocenters. The lowest BCUT2D eigenvalue weighted by atomic mass is 9.93. The first kappa shape index (κ1) is 8.93. The van der Waals surface area contributed by atoms with Crippen molar-refractivity contribution in [3.8, 4) is 0 Å². The highest BCUT2D eigenvalue weighted by Crippen LogP contribution is 2.23. The van der Waals surface area contributed by atoms with Gasteiger partial charge in [0.1, 0.15) is 0 Å². The van der Waals surface area contributed by atoms with Gasteiger partial charge in [-0.05, 0) is 6.92 Å². The normalized spacial score (nSPS) is 45.8. The summed E-state index contributed by atoms with van der Waals surface area (Å²) in [4.78, 5) is 0. The van der Waals surface area contributed by atoms with Gasteiger partial charge in [-0.25, -0.2) is 0 Å². The Morgan fingerprint density at radius 1 is 1.45 bits per heavy atom. The van der Waals surface area contributed by atoms with Gasteiger partial charge in [0.25, 0.3) is 0 Å². The SMILES string of the molecule is CC1OC(O)CC(CO)C1O. The van der Waals surface area contributed by atoms with Crippen LogP contribution in [0.15, 0.2) is 0 Å². The van der Waals surface area contributed by atoms with E-state index in [4.69, 9.17) is 14.9 Å². The first-order valence-corrected chi connectivity index (χ1v) is 3.77. The monoisotopic (exact) mass is 162 g/mol. The van der Waals surface area contributed by atoms with Gasteiger partial charge in [-0.2, -0.15) is 0 Å². The summed E-state index contributed by atoms with van der Waals surface area (Å²) in [5.74, 6) is -0.256. The predicted octanol–water partition coefficient (Wildman–Crippen LogP) is -0.917. The summed E-state index contributed by atoms with van der Waals surface area (Å²) in [5, 5.41) is 27.2. The summed E-state index contributed by atoms with van der Waals surface area (Å²) in [6.07, 6.45) is -1.59. The molecule has 0 aromatic carbocycles. The van der Waals surface area contributed by atoms with E-state index in [-0.39, 0.29) is 12.5 Å². The second kappa shape index (κ2) is 3.49. The lowest BCUT2D eigenvalue weighted by molar-refractivity contribution is -0.216. The topological polar surface area (TPSA) is 69.9 Å². The van der Waals surface area contributed by atoms with Crippen LogP contribution in [-0.2, 0) is 4.74 Å². The van der Waals surface area contributed by atoms with Crippen molar-refractivity contribution < 1.29 is 20.1 Å². The number of hydrogen-bond donors (Lipinski definition) is 3. The number of rotatable bonds is 1. The van der Waals surface area contributed by atoms with E-state index in [2.05, 4.69) is 0 Å². The molecule has 1 rings (SSSR count). The zero-order valence-electron chi connectivity index (χ0n) is 6.47. The molecule has 4 nitrogen and oxygen atoms in total. The Hall–Kier alpha value is -0.160. The highest BCUT2D eigenvalue weighted by molar-refractivity contribution is 4.79. The van der Waals surface area contributed by atoms with Crippen molar-refractivity contribution >= 4 is 0 Å². The fraction of sp³-hybridized carbons (Fsp3) is 1.00. The fourth-order valence-corrected chi connectivity index (χ4v) is 1.35. The lowest BCUT2D eigenvalue weighted by Gasteiger charge is -2.34. The zero-order chi connectivity index (χ0) is 8.43. The van der Waals surface area contributed by atoms with Crippen LogP contribution in [0, 0.1) is 5.92 Å². The van der Waals surface area contributed by atoms with Crippen LogP contribution < -0.4 is 0 Å². The molecule has 0 radical (unpaired) electrons. The molecule has 1 aliphatic rings. The minimum Gasteiger partial charge on any atom is -0.396 e. The molecule has 0 spiro atoms. The maximum atomic E-state index is 9.36. The van der Waals surface area contributed by atoms with Crippen LogP contribution in [0.1, 0.15) is 13.3 Å². The van der Waals surface area contributed by atoms with E-state index in [0.29, 0.717) is 6.42 Å². The Balaban J connectivity index is 2.51. The molecule has 0 aromatic rings. The summed E-state index contributed by atoms with van der Waals surface area (Å²) in [7, 11) is 0. The van der Waals surface area contributed by atoms with Gasteiger partial charge in [-0.3, -0.25) is 0 Å². The first-order valence-electron chi connectivity index (χ1n) is 3.77. The minimum atomic E-state index is -0.842.